The number of nitrogens with one attached hydrogen (secondary N) is 1. The van der Waals surface area contributed by atoms with Crippen molar-refractivity contribution in [2.75, 3.05) is 0 Å². The zero-order valence-corrected chi connectivity index (χ0v) is 14.7. The van der Waals surface area contributed by atoms with E-state index in [1.165, 1.54) is 0 Å². The number of fused-ring (bicyclic) bond motifs is 1. The maximum Gasteiger partial charge on any atom is 0.244 e. The van der Waals surface area contributed by atoms with Gasteiger partial charge in [0.15, 0.2) is 0 Å². The first-order chi connectivity index (χ1) is 12.7. The van der Waals surface area contributed by atoms with Crippen molar-refractivity contribution in [3.63, 3.8) is 0 Å². The fraction of sp³-hybridized carbons (Fsp3) is 0.263. The van der Waals surface area contributed by atoms with Crippen LogP contribution in [0.15, 0.2) is 59.6 Å². The smallest absolute Gasteiger partial charge is 0.244 e. The highest BCUT2D eigenvalue weighted by Crippen LogP contribution is 2.23. The summed E-state index contributed by atoms with van der Waals surface area (Å²) in [4.78, 5) is 13.1. The third kappa shape index (κ3) is 3.21. The van der Waals surface area contributed by atoms with Crippen LogP contribution in [0.25, 0.3) is 17.0 Å². The minimum atomic E-state index is -0.0535. The number of imidazole rings is 1. The highest BCUT2D eigenvalue weighted by molar-refractivity contribution is 5.51. The molecule has 0 radical (unpaired) electrons. The van der Waals surface area contributed by atoms with Crippen LogP contribution in [0, 0.1) is 5.92 Å². The summed E-state index contributed by atoms with van der Waals surface area (Å²) in [6, 6.07) is 9.68. The molecule has 0 fully saturated rings. The van der Waals surface area contributed by atoms with Gasteiger partial charge in [0, 0.05) is 30.7 Å². The average Bonchev–Trinajstić information content (AvgIpc) is 3.30. The Bertz CT molecular complexity index is 991. The van der Waals surface area contributed by atoms with Gasteiger partial charge in [-0.15, -0.1) is 0 Å². The molecular formula is C19H20N6O. The third-order valence-electron chi connectivity index (χ3n) is 4.29. The van der Waals surface area contributed by atoms with Crippen molar-refractivity contribution >= 4 is 5.65 Å². The molecule has 0 aliphatic heterocycles. The highest BCUT2D eigenvalue weighted by atomic mass is 16.5. The van der Waals surface area contributed by atoms with Crippen LogP contribution >= 0.6 is 0 Å². The van der Waals surface area contributed by atoms with Crippen LogP contribution in [0.4, 0.5) is 0 Å². The van der Waals surface area contributed by atoms with Crippen molar-refractivity contribution in [3.05, 3.63) is 66.7 Å². The van der Waals surface area contributed by atoms with E-state index in [4.69, 9.17) is 4.52 Å². The number of pyridine rings is 2. The van der Waals surface area contributed by atoms with Gasteiger partial charge in [-0.2, -0.15) is 4.98 Å². The molecular weight excluding hydrogens is 328 g/mol. The average molecular weight is 348 g/mol. The molecule has 0 saturated heterocycles. The molecule has 4 aromatic rings. The standard InChI is InChI=1S/C19H20N6O/c1-13(2)17(19-23-18(24-26-19)14-6-5-8-20-10-14)22-12-15-11-21-16-7-3-4-9-25(15)16/h3-11,13,17,22H,12H2,1-2H3. The number of hydrogen-bond donors (Lipinski definition) is 1. The second kappa shape index (κ2) is 7.05. The van der Waals surface area contributed by atoms with Crippen LogP contribution in [-0.4, -0.2) is 24.5 Å². The van der Waals surface area contributed by atoms with Gasteiger partial charge in [0.2, 0.25) is 11.7 Å². The summed E-state index contributed by atoms with van der Waals surface area (Å²) in [6.07, 6.45) is 7.34. The molecule has 4 rings (SSSR count). The lowest BCUT2D eigenvalue weighted by molar-refractivity contribution is 0.287. The maximum absolute atomic E-state index is 5.53. The van der Waals surface area contributed by atoms with Gasteiger partial charge in [-0.3, -0.25) is 10.3 Å². The predicted octanol–water partition coefficient (Wildman–Crippen LogP) is 3.27. The van der Waals surface area contributed by atoms with E-state index < -0.39 is 0 Å². The minimum Gasteiger partial charge on any atom is -0.337 e. The van der Waals surface area contributed by atoms with Gasteiger partial charge < -0.3 is 8.92 Å². The molecule has 1 N–H and O–H groups in total. The lowest BCUT2D eigenvalue weighted by atomic mass is 10.0. The van der Waals surface area contributed by atoms with Crippen LogP contribution in [0.2, 0.25) is 0 Å². The van der Waals surface area contributed by atoms with E-state index in [0.717, 1.165) is 16.9 Å². The first kappa shape index (κ1) is 16.4. The van der Waals surface area contributed by atoms with Crippen molar-refractivity contribution in [1.29, 1.82) is 0 Å². The van der Waals surface area contributed by atoms with Gasteiger partial charge in [0.05, 0.1) is 17.9 Å². The van der Waals surface area contributed by atoms with E-state index in [9.17, 15) is 0 Å². The number of hydrogen-bond acceptors (Lipinski definition) is 6. The second-order valence-electron chi connectivity index (χ2n) is 6.48. The molecule has 7 heteroatoms. The van der Waals surface area contributed by atoms with E-state index >= 15 is 0 Å². The van der Waals surface area contributed by atoms with Gasteiger partial charge in [0.1, 0.15) is 5.65 Å². The summed E-state index contributed by atoms with van der Waals surface area (Å²) in [5, 5.41) is 7.62. The van der Waals surface area contributed by atoms with Gasteiger partial charge in [-0.1, -0.05) is 25.1 Å². The quantitative estimate of drug-likeness (QED) is 0.576. The number of nitrogens with zero attached hydrogens (tertiary/aromatic N) is 5. The largest absolute Gasteiger partial charge is 0.337 e. The van der Waals surface area contributed by atoms with E-state index in [1.807, 2.05) is 42.7 Å². The summed E-state index contributed by atoms with van der Waals surface area (Å²) in [5.74, 6) is 1.42. The predicted molar refractivity (Wildman–Crippen MR) is 97.1 cm³/mol. The van der Waals surface area contributed by atoms with Crippen LogP contribution in [0.5, 0.6) is 0 Å². The zero-order valence-electron chi connectivity index (χ0n) is 14.7. The Morgan fingerprint density at radius 2 is 2.08 bits per heavy atom. The summed E-state index contributed by atoms with van der Waals surface area (Å²) in [6.45, 7) is 4.90. The lowest BCUT2D eigenvalue weighted by Gasteiger charge is -2.18. The fourth-order valence-electron chi connectivity index (χ4n) is 2.91. The summed E-state index contributed by atoms with van der Waals surface area (Å²) >= 11 is 0. The fourth-order valence-corrected chi connectivity index (χ4v) is 2.91. The highest BCUT2D eigenvalue weighted by Gasteiger charge is 2.23. The van der Waals surface area contributed by atoms with Gasteiger partial charge in [0.25, 0.3) is 0 Å². The molecule has 0 amide bonds. The van der Waals surface area contributed by atoms with Gasteiger partial charge in [-0.05, 0) is 30.2 Å². The van der Waals surface area contributed by atoms with Crippen molar-refractivity contribution in [1.82, 2.24) is 29.8 Å². The van der Waals surface area contributed by atoms with Crippen molar-refractivity contribution < 1.29 is 4.52 Å². The second-order valence-corrected chi connectivity index (χ2v) is 6.48. The molecule has 0 bridgehead atoms. The minimum absolute atomic E-state index is 0.0535. The maximum atomic E-state index is 5.53. The Morgan fingerprint density at radius 1 is 1.15 bits per heavy atom. The van der Waals surface area contributed by atoms with Crippen LogP contribution in [0.1, 0.15) is 31.5 Å². The van der Waals surface area contributed by atoms with Crippen molar-refractivity contribution in [3.8, 4) is 11.4 Å². The normalized spacial score (nSPS) is 12.7. The monoisotopic (exact) mass is 348 g/mol. The van der Waals surface area contributed by atoms with Gasteiger partial charge >= 0.3 is 0 Å². The van der Waals surface area contributed by atoms with Crippen molar-refractivity contribution in [2.24, 2.45) is 5.92 Å². The molecule has 1 unspecified atom stereocenters. The number of rotatable bonds is 6. The molecule has 0 aliphatic rings. The van der Waals surface area contributed by atoms with Crippen LogP contribution in [0.3, 0.4) is 0 Å². The van der Waals surface area contributed by atoms with Crippen LogP contribution < -0.4 is 5.32 Å². The Morgan fingerprint density at radius 3 is 2.88 bits per heavy atom. The summed E-state index contributed by atoms with van der Waals surface area (Å²) in [5.41, 5.74) is 2.85. The molecule has 0 saturated carbocycles. The molecule has 132 valence electrons. The third-order valence-corrected chi connectivity index (χ3v) is 4.29. The summed E-state index contributed by atoms with van der Waals surface area (Å²) < 4.78 is 7.59. The van der Waals surface area contributed by atoms with Crippen molar-refractivity contribution in [2.45, 2.75) is 26.4 Å². The molecule has 4 aromatic heterocycles. The first-order valence-corrected chi connectivity index (χ1v) is 8.60. The first-order valence-electron chi connectivity index (χ1n) is 8.60. The SMILES string of the molecule is CC(C)C(NCc1cnc2ccccn12)c1nc(-c2cccnc2)no1. The zero-order chi connectivity index (χ0) is 17.9. The lowest BCUT2D eigenvalue weighted by Crippen LogP contribution is -2.26. The Hall–Kier alpha value is -3.06. The van der Waals surface area contributed by atoms with E-state index in [2.05, 4.69) is 43.7 Å². The van der Waals surface area contributed by atoms with E-state index in [1.54, 1.807) is 12.4 Å². The number of aromatic nitrogens is 5. The Labute approximate surface area is 151 Å². The topological polar surface area (TPSA) is 81.1 Å². The molecule has 4 heterocycles. The molecule has 0 aliphatic carbocycles. The van der Waals surface area contributed by atoms with E-state index in [0.29, 0.717) is 18.3 Å². The molecule has 0 aromatic carbocycles. The Kier molecular flexibility index (Phi) is 4.45. The van der Waals surface area contributed by atoms with E-state index in [-0.39, 0.29) is 12.0 Å². The Balaban J connectivity index is 1.54. The molecule has 26 heavy (non-hydrogen) atoms. The van der Waals surface area contributed by atoms with Crippen LogP contribution in [-0.2, 0) is 6.54 Å². The molecule has 1 atom stereocenters. The summed E-state index contributed by atoms with van der Waals surface area (Å²) in [7, 11) is 0. The molecule has 7 nitrogen and oxygen atoms in total. The van der Waals surface area contributed by atoms with Gasteiger partial charge in [-0.25, -0.2) is 4.98 Å². The molecule has 0 spiro atoms.